The molecule has 0 heterocycles. The van der Waals surface area contributed by atoms with Gasteiger partial charge in [-0.2, -0.15) is 0 Å². The van der Waals surface area contributed by atoms with Crippen LogP contribution in [0.3, 0.4) is 0 Å². The van der Waals surface area contributed by atoms with Crippen LogP contribution in [0.4, 0.5) is 11.4 Å². The van der Waals surface area contributed by atoms with E-state index in [4.69, 9.17) is 9.47 Å². The van der Waals surface area contributed by atoms with Gasteiger partial charge in [0.25, 0.3) is 0 Å². The summed E-state index contributed by atoms with van der Waals surface area (Å²) in [5, 5.41) is 22.1. The van der Waals surface area contributed by atoms with Crippen LogP contribution in [0, 0.1) is 20.2 Å². The van der Waals surface area contributed by atoms with E-state index in [1.54, 1.807) is 0 Å². The van der Waals surface area contributed by atoms with Gasteiger partial charge in [-0.05, 0) is 24.3 Å². The molecule has 0 bridgehead atoms. The number of nitrogens with zero attached hydrogens (tertiary/aromatic N) is 2. The van der Waals surface area contributed by atoms with Crippen LogP contribution in [0.2, 0.25) is 0 Å². The van der Waals surface area contributed by atoms with E-state index < -0.39 is 31.1 Å². The second kappa shape index (κ2) is 6.73. The van der Waals surface area contributed by atoms with Gasteiger partial charge >= 0.3 is 11.4 Å². The first-order chi connectivity index (χ1) is 11.7. The van der Waals surface area contributed by atoms with Crippen molar-refractivity contribution >= 4 is 21.2 Å². The normalized spacial score (nSPS) is 11.0. The molecule has 0 fully saturated rings. The van der Waals surface area contributed by atoms with Crippen molar-refractivity contribution in [2.45, 2.75) is 9.79 Å². The van der Waals surface area contributed by atoms with Gasteiger partial charge in [0.2, 0.25) is 9.84 Å². The number of hydrogen-bond acceptors (Lipinski definition) is 8. The number of methoxy groups -OCH3 is 2. The van der Waals surface area contributed by atoms with E-state index in [9.17, 15) is 28.6 Å². The Hall–Kier alpha value is -3.21. The minimum atomic E-state index is -4.22. The molecule has 0 aliphatic heterocycles. The topological polar surface area (TPSA) is 139 Å². The van der Waals surface area contributed by atoms with Gasteiger partial charge < -0.3 is 9.47 Å². The van der Waals surface area contributed by atoms with Crippen LogP contribution >= 0.6 is 0 Å². The van der Waals surface area contributed by atoms with Crippen molar-refractivity contribution in [2.24, 2.45) is 0 Å². The number of benzene rings is 2. The lowest BCUT2D eigenvalue weighted by atomic mass is 10.3. The molecule has 0 N–H and O–H groups in total. The molecule has 2 aromatic carbocycles. The summed E-state index contributed by atoms with van der Waals surface area (Å²) in [5.41, 5.74) is -1.07. The van der Waals surface area contributed by atoms with Gasteiger partial charge in [-0.1, -0.05) is 0 Å². The van der Waals surface area contributed by atoms with Gasteiger partial charge in [-0.3, -0.25) is 20.2 Å². The van der Waals surface area contributed by atoms with Crippen LogP contribution in [0.15, 0.2) is 46.2 Å². The fraction of sp³-hybridized carbons (Fsp3) is 0.143. The predicted octanol–water partition coefficient (Wildman–Crippen LogP) is 2.35. The fourth-order valence-electron chi connectivity index (χ4n) is 2.10. The molecule has 0 atom stereocenters. The highest BCUT2D eigenvalue weighted by molar-refractivity contribution is 7.91. The third-order valence-electron chi connectivity index (χ3n) is 3.31. The molecular weight excluding hydrogens is 356 g/mol. The van der Waals surface area contributed by atoms with Gasteiger partial charge in [-0.25, -0.2) is 8.42 Å². The summed E-state index contributed by atoms with van der Waals surface area (Å²) >= 11 is 0. The van der Waals surface area contributed by atoms with Gasteiger partial charge in [0.05, 0.1) is 33.9 Å². The van der Waals surface area contributed by atoms with Crippen molar-refractivity contribution in [3.8, 4) is 11.5 Å². The Balaban J connectivity index is 2.63. The highest BCUT2D eigenvalue weighted by Gasteiger charge is 2.26. The summed E-state index contributed by atoms with van der Waals surface area (Å²) in [4.78, 5) is 19.8. The molecule has 0 radical (unpaired) electrons. The maximum atomic E-state index is 12.7. The minimum absolute atomic E-state index is 0.107. The molecule has 0 amide bonds. The molecule has 0 aromatic heterocycles. The zero-order valence-corrected chi connectivity index (χ0v) is 13.8. The van der Waals surface area contributed by atoms with Crippen molar-refractivity contribution in [3.05, 3.63) is 56.6 Å². The van der Waals surface area contributed by atoms with Crippen LogP contribution in [0.5, 0.6) is 11.5 Å². The number of sulfone groups is 1. The van der Waals surface area contributed by atoms with Crippen molar-refractivity contribution in [1.29, 1.82) is 0 Å². The minimum Gasteiger partial charge on any atom is -0.490 e. The molecule has 11 heteroatoms. The lowest BCUT2D eigenvalue weighted by Gasteiger charge is -2.08. The maximum Gasteiger partial charge on any atom is 0.312 e. The fourth-order valence-corrected chi connectivity index (χ4v) is 3.40. The third kappa shape index (κ3) is 3.35. The van der Waals surface area contributed by atoms with Crippen molar-refractivity contribution < 1.29 is 27.7 Å². The van der Waals surface area contributed by atoms with Crippen LogP contribution < -0.4 is 9.47 Å². The number of nitro benzene ring substituents is 2. The molecule has 0 unspecified atom stereocenters. The van der Waals surface area contributed by atoms with Crippen molar-refractivity contribution in [2.75, 3.05) is 14.2 Å². The van der Waals surface area contributed by atoms with E-state index in [2.05, 4.69) is 0 Å². The first-order valence-electron chi connectivity index (χ1n) is 6.62. The molecule has 0 aliphatic carbocycles. The zero-order valence-electron chi connectivity index (χ0n) is 13.0. The summed E-state index contributed by atoms with van der Waals surface area (Å²) in [6.45, 7) is 0. The number of hydrogen-bond donors (Lipinski definition) is 0. The molecule has 0 saturated carbocycles. The van der Waals surface area contributed by atoms with E-state index >= 15 is 0 Å². The summed E-state index contributed by atoms with van der Waals surface area (Å²) < 4.78 is 34.9. The standard InChI is InChI=1S/C14H12N2O8S/c1-23-13-5-3-9(7-11(13)15(17)18)25(21,22)10-4-6-14(24-2)12(8-10)16(19)20/h3-8H,1-2H3. The van der Waals surface area contributed by atoms with E-state index in [0.717, 1.165) is 36.4 Å². The van der Waals surface area contributed by atoms with Gasteiger partial charge in [-0.15, -0.1) is 0 Å². The van der Waals surface area contributed by atoms with E-state index in [1.807, 2.05) is 0 Å². The van der Waals surface area contributed by atoms with Crippen LogP contribution in [0.1, 0.15) is 0 Å². The molecule has 25 heavy (non-hydrogen) atoms. The largest absolute Gasteiger partial charge is 0.490 e. The average molecular weight is 368 g/mol. The monoisotopic (exact) mass is 368 g/mol. The van der Waals surface area contributed by atoms with Gasteiger partial charge in [0.1, 0.15) is 0 Å². The summed E-state index contributed by atoms with van der Waals surface area (Å²) in [6, 6.07) is 6.20. The molecule has 2 aromatic rings. The molecule has 0 saturated heterocycles. The maximum absolute atomic E-state index is 12.7. The Morgan fingerprint density at radius 1 is 0.800 bits per heavy atom. The second-order valence-electron chi connectivity index (χ2n) is 4.68. The third-order valence-corrected chi connectivity index (χ3v) is 5.06. The Kier molecular flexibility index (Phi) is 4.88. The second-order valence-corrected chi connectivity index (χ2v) is 6.63. The van der Waals surface area contributed by atoms with Crippen LogP contribution in [0.25, 0.3) is 0 Å². The number of nitro groups is 2. The number of ether oxygens (including phenoxy) is 2. The highest BCUT2D eigenvalue weighted by Crippen LogP contribution is 2.34. The first-order valence-corrected chi connectivity index (χ1v) is 8.10. The quantitative estimate of drug-likeness (QED) is 0.559. The van der Waals surface area contributed by atoms with Gasteiger partial charge in [0.15, 0.2) is 11.5 Å². The molecule has 2 rings (SSSR count). The molecule has 132 valence electrons. The number of rotatable bonds is 6. The lowest BCUT2D eigenvalue weighted by molar-refractivity contribution is -0.386. The average Bonchev–Trinajstić information content (AvgIpc) is 2.60. The molecular formula is C14H12N2O8S. The summed E-state index contributed by atoms with van der Waals surface area (Å²) in [5.74, 6) is -0.214. The Morgan fingerprint density at radius 2 is 1.16 bits per heavy atom. The van der Waals surface area contributed by atoms with E-state index in [1.165, 1.54) is 14.2 Å². The first kappa shape index (κ1) is 18.1. The lowest BCUT2D eigenvalue weighted by Crippen LogP contribution is -2.05. The van der Waals surface area contributed by atoms with Gasteiger partial charge in [0, 0.05) is 12.1 Å². The van der Waals surface area contributed by atoms with E-state index in [0.29, 0.717) is 0 Å². The molecule has 0 aliphatic rings. The Bertz CT molecular complexity index is 884. The smallest absolute Gasteiger partial charge is 0.312 e. The van der Waals surface area contributed by atoms with Crippen LogP contribution in [-0.4, -0.2) is 32.5 Å². The predicted molar refractivity (Wildman–Crippen MR) is 84.7 cm³/mol. The SMILES string of the molecule is COc1ccc(S(=O)(=O)c2ccc(OC)c([N+](=O)[O-])c2)cc1[N+](=O)[O-]. The van der Waals surface area contributed by atoms with E-state index in [-0.39, 0.29) is 21.3 Å². The van der Waals surface area contributed by atoms with Crippen molar-refractivity contribution in [3.63, 3.8) is 0 Å². The summed E-state index contributed by atoms with van der Waals surface area (Å²) in [6.07, 6.45) is 0. The summed E-state index contributed by atoms with van der Waals surface area (Å²) in [7, 11) is -1.80. The van der Waals surface area contributed by atoms with Crippen LogP contribution in [-0.2, 0) is 9.84 Å². The highest BCUT2D eigenvalue weighted by atomic mass is 32.2. The Labute approximate surface area is 141 Å². The zero-order chi connectivity index (χ0) is 18.8. The molecule has 10 nitrogen and oxygen atoms in total. The van der Waals surface area contributed by atoms with Crippen molar-refractivity contribution in [1.82, 2.24) is 0 Å². The molecule has 0 spiro atoms. The Morgan fingerprint density at radius 3 is 1.44 bits per heavy atom.